The maximum Gasteiger partial charge on any atom is 0.241 e. The smallest absolute Gasteiger partial charge is 0.241 e. The van der Waals surface area contributed by atoms with Crippen molar-refractivity contribution >= 4 is 11.6 Å². The van der Waals surface area contributed by atoms with E-state index in [-0.39, 0.29) is 11.8 Å². The molecule has 0 spiro atoms. The molecule has 0 bridgehead atoms. The number of hydrogen-bond donors (Lipinski definition) is 2. The summed E-state index contributed by atoms with van der Waals surface area (Å²) in [4.78, 5) is 15.7. The fraction of sp³-hybridized carbons (Fsp3) is 0.455. The summed E-state index contributed by atoms with van der Waals surface area (Å²) >= 11 is 0. The first-order chi connectivity index (χ1) is 7.00. The maximum atomic E-state index is 11.6. The van der Waals surface area contributed by atoms with Gasteiger partial charge in [-0.25, -0.2) is 0 Å². The zero-order valence-electron chi connectivity index (χ0n) is 9.32. The molecule has 3 N–H and O–H groups in total. The van der Waals surface area contributed by atoms with Crippen molar-refractivity contribution in [3.63, 3.8) is 0 Å². The van der Waals surface area contributed by atoms with Crippen molar-refractivity contribution in [3.05, 3.63) is 24.0 Å². The Morgan fingerprint density at radius 1 is 1.47 bits per heavy atom. The van der Waals surface area contributed by atoms with E-state index in [0.717, 1.165) is 5.69 Å². The van der Waals surface area contributed by atoms with Crippen molar-refractivity contribution in [2.75, 3.05) is 5.32 Å². The number of amides is 1. The molecule has 1 heterocycles. The number of carbonyl (C=O) groups excluding carboxylic acids is 1. The van der Waals surface area contributed by atoms with Gasteiger partial charge in [0.2, 0.25) is 5.91 Å². The number of nitrogens with zero attached hydrogens (tertiary/aromatic N) is 1. The van der Waals surface area contributed by atoms with Crippen molar-refractivity contribution in [2.24, 2.45) is 11.7 Å². The average molecular weight is 207 g/mol. The molecule has 4 nitrogen and oxygen atoms in total. The first kappa shape index (κ1) is 11.7. The minimum absolute atomic E-state index is 0.128. The largest absolute Gasteiger partial charge is 0.323 e. The molecule has 0 fully saturated rings. The van der Waals surface area contributed by atoms with Crippen LogP contribution in [0.1, 0.15) is 19.5 Å². The van der Waals surface area contributed by atoms with Crippen LogP contribution in [0.25, 0.3) is 0 Å². The Morgan fingerprint density at radius 3 is 2.60 bits per heavy atom. The van der Waals surface area contributed by atoms with Gasteiger partial charge in [0.05, 0.1) is 17.9 Å². The number of aryl methyl sites for hydroxylation is 1. The minimum Gasteiger partial charge on any atom is -0.323 e. The van der Waals surface area contributed by atoms with Crippen molar-refractivity contribution in [1.82, 2.24) is 4.98 Å². The van der Waals surface area contributed by atoms with Crippen LogP contribution in [-0.2, 0) is 4.79 Å². The second-order valence-corrected chi connectivity index (χ2v) is 3.95. The standard InChI is InChI=1S/C11H17N3O/c1-7(2)10(12)11(15)14-9-5-4-8(3)13-6-9/h4-7,10H,12H2,1-3H3,(H,14,15)/t10-/m0/s1. The van der Waals surface area contributed by atoms with Gasteiger partial charge in [0.15, 0.2) is 0 Å². The van der Waals surface area contributed by atoms with E-state index in [1.165, 1.54) is 0 Å². The number of carbonyl (C=O) groups is 1. The molecule has 0 aliphatic heterocycles. The summed E-state index contributed by atoms with van der Waals surface area (Å²) in [6.45, 7) is 5.72. The van der Waals surface area contributed by atoms with Crippen LogP contribution in [0.3, 0.4) is 0 Å². The van der Waals surface area contributed by atoms with E-state index in [1.54, 1.807) is 6.20 Å². The summed E-state index contributed by atoms with van der Waals surface area (Å²) in [5, 5.41) is 2.72. The average Bonchev–Trinajstić information content (AvgIpc) is 2.20. The Labute approximate surface area is 89.9 Å². The van der Waals surface area contributed by atoms with E-state index in [2.05, 4.69) is 10.3 Å². The summed E-state index contributed by atoms with van der Waals surface area (Å²) in [6, 6.07) is 3.18. The third-order valence-electron chi connectivity index (χ3n) is 2.20. The number of pyridine rings is 1. The van der Waals surface area contributed by atoms with E-state index >= 15 is 0 Å². The van der Waals surface area contributed by atoms with Gasteiger partial charge in [-0.05, 0) is 25.0 Å². The van der Waals surface area contributed by atoms with E-state index in [9.17, 15) is 4.79 Å². The highest BCUT2D eigenvalue weighted by Gasteiger charge is 2.16. The summed E-state index contributed by atoms with van der Waals surface area (Å²) in [5.41, 5.74) is 7.31. The summed E-state index contributed by atoms with van der Waals surface area (Å²) in [6.07, 6.45) is 1.63. The van der Waals surface area contributed by atoms with Gasteiger partial charge in [-0.2, -0.15) is 0 Å². The predicted molar refractivity (Wildman–Crippen MR) is 60.4 cm³/mol. The lowest BCUT2D eigenvalue weighted by molar-refractivity contribution is -0.118. The number of rotatable bonds is 3. The lowest BCUT2D eigenvalue weighted by Gasteiger charge is -2.15. The lowest BCUT2D eigenvalue weighted by atomic mass is 10.1. The summed E-state index contributed by atoms with van der Waals surface area (Å²) < 4.78 is 0. The number of nitrogens with two attached hydrogens (primary N) is 1. The fourth-order valence-corrected chi connectivity index (χ4v) is 1.07. The molecule has 15 heavy (non-hydrogen) atoms. The van der Waals surface area contributed by atoms with Gasteiger partial charge in [0.25, 0.3) is 0 Å². The SMILES string of the molecule is Cc1ccc(NC(=O)[C@@H](N)C(C)C)cn1. The van der Waals surface area contributed by atoms with E-state index in [1.807, 2.05) is 32.9 Å². The number of anilines is 1. The van der Waals surface area contributed by atoms with E-state index < -0.39 is 6.04 Å². The van der Waals surface area contributed by atoms with Crippen LogP contribution in [0.4, 0.5) is 5.69 Å². The van der Waals surface area contributed by atoms with E-state index in [0.29, 0.717) is 5.69 Å². The number of hydrogen-bond acceptors (Lipinski definition) is 3. The Morgan fingerprint density at radius 2 is 2.13 bits per heavy atom. The van der Waals surface area contributed by atoms with Gasteiger partial charge < -0.3 is 11.1 Å². The van der Waals surface area contributed by atoms with Gasteiger partial charge >= 0.3 is 0 Å². The maximum absolute atomic E-state index is 11.6. The zero-order valence-corrected chi connectivity index (χ0v) is 9.32. The molecule has 1 aromatic heterocycles. The molecule has 1 rings (SSSR count). The van der Waals surface area contributed by atoms with Crippen molar-refractivity contribution in [3.8, 4) is 0 Å². The topological polar surface area (TPSA) is 68.0 Å². The van der Waals surface area contributed by atoms with Crippen LogP contribution in [0, 0.1) is 12.8 Å². The monoisotopic (exact) mass is 207 g/mol. The molecule has 0 saturated heterocycles. The van der Waals surface area contributed by atoms with Gasteiger partial charge in [-0.15, -0.1) is 0 Å². The summed E-state index contributed by atoms with van der Waals surface area (Å²) in [7, 11) is 0. The highest BCUT2D eigenvalue weighted by molar-refractivity contribution is 5.94. The molecule has 0 saturated carbocycles. The highest BCUT2D eigenvalue weighted by atomic mass is 16.2. The quantitative estimate of drug-likeness (QED) is 0.785. The van der Waals surface area contributed by atoms with Gasteiger partial charge in [0, 0.05) is 5.69 Å². The molecule has 0 radical (unpaired) electrons. The lowest BCUT2D eigenvalue weighted by Crippen LogP contribution is -2.39. The molecule has 1 atom stereocenters. The third-order valence-corrected chi connectivity index (χ3v) is 2.20. The molecule has 4 heteroatoms. The van der Waals surface area contributed by atoms with Crippen LogP contribution in [0.15, 0.2) is 18.3 Å². The van der Waals surface area contributed by atoms with Crippen LogP contribution in [-0.4, -0.2) is 16.9 Å². The molecule has 82 valence electrons. The van der Waals surface area contributed by atoms with E-state index in [4.69, 9.17) is 5.73 Å². The van der Waals surface area contributed by atoms with Gasteiger partial charge in [0.1, 0.15) is 0 Å². The predicted octanol–water partition coefficient (Wildman–Crippen LogP) is 1.31. The van der Waals surface area contributed by atoms with Crippen molar-refractivity contribution in [2.45, 2.75) is 26.8 Å². The second-order valence-electron chi connectivity index (χ2n) is 3.95. The van der Waals surface area contributed by atoms with Gasteiger partial charge in [-0.3, -0.25) is 9.78 Å². The first-order valence-corrected chi connectivity index (χ1v) is 5.00. The Kier molecular flexibility index (Phi) is 3.80. The molecule has 0 aliphatic rings. The normalized spacial score (nSPS) is 12.6. The van der Waals surface area contributed by atoms with Crippen molar-refractivity contribution in [1.29, 1.82) is 0 Å². The molecule has 1 amide bonds. The minimum atomic E-state index is -0.480. The summed E-state index contributed by atoms with van der Waals surface area (Å²) in [5.74, 6) is -0.0425. The third kappa shape index (κ3) is 3.32. The molecule has 1 aromatic rings. The Balaban J connectivity index is 2.62. The zero-order chi connectivity index (χ0) is 11.4. The van der Waals surface area contributed by atoms with Crippen LogP contribution < -0.4 is 11.1 Å². The molecule has 0 aromatic carbocycles. The highest BCUT2D eigenvalue weighted by Crippen LogP contribution is 2.07. The Hall–Kier alpha value is -1.42. The molecular weight excluding hydrogens is 190 g/mol. The Bertz CT molecular complexity index is 332. The van der Waals surface area contributed by atoms with Gasteiger partial charge in [-0.1, -0.05) is 13.8 Å². The number of nitrogens with one attached hydrogen (secondary N) is 1. The number of aromatic nitrogens is 1. The van der Waals surface area contributed by atoms with Crippen molar-refractivity contribution < 1.29 is 4.79 Å². The van der Waals surface area contributed by atoms with Crippen LogP contribution >= 0.6 is 0 Å². The first-order valence-electron chi connectivity index (χ1n) is 5.00. The second kappa shape index (κ2) is 4.89. The molecular formula is C11H17N3O. The molecule has 0 aliphatic carbocycles. The molecule has 0 unspecified atom stereocenters. The van der Waals surface area contributed by atoms with Crippen LogP contribution in [0.2, 0.25) is 0 Å². The van der Waals surface area contributed by atoms with Crippen LogP contribution in [0.5, 0.6) is 0 Å². The fourth-order valence-electron chi connectivity index (χ4n) is 1.07.